The number of hydrogen-bond acceptors (Lipinski definition) is 4. The van der Waals surface area contributed by atoms with Crippen LogP contribution in [0.25, 0.3) is 0 Å². The molecule has 3 saturated carbocycles. The lowest BCUT2D eigenvalue weighted by Crippen LogP contribution is -2.56. The number of nitriles is 1. The van der Waals surface area contributed by atoms with Crippen LogP contribution in [0.3, 0.4) is 0 Å². The average Bonchev–Trinajstić information content (AvgIpc) is 3.16. The van der Waals surface area contributed by atoms with Gasteiger partial charge >= 0.3 is 5.97 Å². The van der Waals surface area contributed by atoms with Crippen molar-refractivity contribution >= 4 is 11.8 Å². The van der Waals surface area contributed by atoms with Gasteiger partial charge in [0.05, 0.1) is 12.0 Å². The summed E-state index contributed by atoms with van der Waals surface area (Å²) in [7, 11) is 0. The Morgan fingerprint density at radius 3 is 2.56 bits per heavy atom. The second-order valence-electron chi connectivity index (χ2n) is 10.2. The average molecular weight is 367 g/mol. The number of hydrogen-bond donors (Lipinski definition) is 0. The number of esters is 1. The zero-order chi connectivity index (χ0) is 19.0. The number of fused-ring (bicyclic) bond motifs is 6. The second-order valence-corrected chi connectivity index (χ2v) is 10.2. The van der Waals surface area contributed by atoms with Gasteiger partial charge in [-0.15, -0.1) is 0 Å². The molecule has 0 aromatic carbocycles. The molecule has 5 rings (SSSR count). The fraction of sp³-hybridized carbons (Fsp3) is 0.783. The molecule has 27 heavy (non-hydrogen) atoms. The van der Waals surface area contributed by atoms with Crippen LogP contribution >= 0.6 is 0 Å². The molecule has 0 aromatic heterocycles. The van der Waals surface area contributed by atoms with Crippen molar-refractivity contribution in [2.24, 2.45) is 34.5 Å². The Labute approximate surface area is 161 Å². The predicted octanol–water partition coefficient (Wildman–Crippen LogP) is 4.34. The van der Waals surface area contributed by atoms with Crippen LogP contribution in [0.5, 0.6) is 0 Å². The Morgan fingerprint density at radius 1 is 1.07 bits per heavy atom. The largest absolute Gasteiger partial charge is 0.458 e. The van der Waals surface area contributed by atoms with Crippen molar-refractivity contribution in [3.8, 4) is 6.07 Å². The van der Waals surface area contributed by atoms with Crippen LogP contribution in [0, 0.1) is 45.8 Å². The molecule has 4 nitrogen and oxygen atoms in total. The number of carbonyl (C=O) groups is 2. The minimum atomic E-state index is -0.292. The maximum atomic E-state index is 12.0. The molecule has 1 saturated heterocycles. The van der Waals surface area contributed by atoms with E-state index in [1.165, 1.54) is 5.57 Å². The lowest BCUT2D eigenvalue weighted by atomic mass is 9.44. The lowest BCUT2D eigenvalue weighted by Gasteiger charge is -2.60. The molecule has 0 bridgehead atoms. The molecule has 1 aliphatic heterocycles. The van der Waals surface area contributed by atoms with Crippen molar-refractivity contribution in [3.05, 3.63) is 11.6 Å². The maximum absolute atomic E-state index is 12.0. The van der Waals surface area contributed by atoms with E-state index in [0.717, 1.165) is 44.9 Å². The summed E-state index contributed by atoms with van der Waals surface area (Å²) in [6, 6.07) is 2.63. The maximum Gasteiger partial charge on any atom is 0.306 e. The van der Waals surface area contributed by atoms with Crippen LogP contribution in [0.15, 0.2) is 11.6 Å². The summed E-state index contributed by atoms with van der Waals surface area (Å²) in [6.45, 7) is 4.69. The van der Waals surface area contributed by atoms with Crippen LogP contribution in [0.2, 0.25) is 0 Å². The van der Waals surface area contributed by atoms with Gasteiger partial charge in [-0.25, -0.2) is 0 Å². The Bertz CT molecular complexity index is 794. The van der Waals surface area contributed by atoms with Gasteiger partial charge in [-0.05, 0) is 74.2 Å². The molecule has 4 fully saturated rings. The summed E-state index contributed by atoms with van der Waals surface area (Å²) < 4.78 is 6.00. The van der Waals surface area contributed by atoms with Crippen LogP contribution in [0.1, 0.15) is 71.6 Å². The van der Waals surface area contributed by atoms with Crippen LogP contribution in [-0.2, 0) is 14.3 Å². The summed E-state index contributed by atoms with van der Waals surface area (Å²) in [5.41, 5.74) is 1.00. The lowest BCUT2D eigenvalue weighted by molar-refractivity contribution is -0.169. The number of rotatable bonds is 0. The fourth-order valence-corrected chi connectivity index (χ4v) is 7.99. The van der Waals surface area contributed by atoms with Gasteiger partial charge < -0.3 is 4.74 Å². The van der Waals surface area contributed by atoms with Crippen molar-refractivity contribution in [3.63, 3.8) is 0 Å². The minimum absolute atomic E-state index is 0.00249. The van der Waals surface area contributed by atoms with Gasteiger partial charge in [-0.3, -0.25) is 9.59 Å². The normalized spacial score (nSPS) is 51.1. The first-order valence-corrected chi connectivity index (χ1v) is 10.7. The van der Waals surface area contributed by atoms with Crippen LogP contribution in [0.4, 0.5) is 0 Å². The van der Waals surface area contributed by atoms with E-state index in [4.69, 9.17) is 4.74 Å². The zero-order valence-electron chi connectivity index (χ0n) is 16.4. The first-order valence-electron chi connectivity index (χ1n) is 10.7. The molecule has 5 aliphatic rings. The van der Waals surface area contributed by atoms with Gasteiger partial charge in [0.1, 0.15) is 5.60 Å². The topological polar surface area (TPSA) is 67.2 Å². The van der Waals surface area contributed by atoms with Crippen molar-refractivity contribution in [1.29, 1.82) is 5.26 Å². The van der Waals surface area contributed by atoms with Gasteiger partial charge in [0.15, 0.2) is 5.78 Å². The summed E-state index contributed by atoms with van der Waals surface area (Å²) in [4.78, 5) is 24.0. The van der Waals surface area contributed by atoms with E-state index in [9.17, 15) is 14.9 Å². The van der Waals surface area contributed by atoms with Gasteiger partial charge in [0.2, 0.25) is 0 Å². The third-order valence-corrected chi connectivity index (χ3v) is 9.51. The Balaban J connectivity index is 1.56. The van der Waals surface area contributed by atoms with E-state index in [2.05, 4.69) is 19.9 Å². The SMILES string of the molecule is C[C@]12CCC(=O)C=C1C[C@@H](C#N)C1C2CC[C@@]2(C)C1CC[C@@]21CCC(=O)O1. The minimum Gasteiger partial charge on any atom is -0.458 e. The van der Waals surface area contributed by atoms with Gasteiger partial charge in [-0.1, -0.05) is 19.4 Å². The molecule has 1 heterocycles. The van der Waals surface area contributed by atoms with E-state index in [1.54, 1.807) is 0 Å². The first kappa shape index (κ1) is 17.5. The van der Waals surface area contributed by atoms with E-state index in [0.29, 0.717) is 30.6 Å². The van der Waals surface area contributed by atoms with Crippen molar-refractivity contribution in [1.82, 2.24) is 0 Å². The fourth-order valence-electron chi connectivity index (χ4n) is 7.99. The van der Waals surface area contributed by atoms with Crippen molar-refractivity contribution < 1.29 is 14.3 Å². The van der Waals surface area contributed by atoms with E-state index < -0.39 is 0 Å². The zero-order valence-corrected chi connectivity index (χ0v) is 16.4. The second kappa shape index (κ2) is 5.46. The molecule has 1 spiro atoms. The molecule has 144 valence electrons. The standard InChI is InChI=1S/C23H29NO3/c1-21-7-3-16(25)12-15(21)11-14(13-24)20-17(21)4-8-22(2)18(20)5-9-23(22)10-6-19(26)27-23/h12,14,17-18,20H,3-11H2,1-2H3/t14-,17?,18?,20?,21-,22-,23+/m0/s1. The van der Waals surface area contributed by atoms with Crippen molar-refractivity contribution in [2.45, 2.75) is 77.2 Å². The highest BCUT2D eigenvalue weighted by atomic mass is 16.6. The highest BCUT2D eigenvalue weighted by Crippen LogP contribution is 2.70. The molecule has 7 atom stereocenters. The van der Waals surface area contributed by atoms with Gasteiger partial charge in [0.25, 0.3) is 0 Å². The number of ether oxygens (including phenoxy) is 1. The smallest absolute Gasteiger partial charge is 0.306 e. The highest BCUT2D eigenvalue weighted by molar-refractivity contribution is 5.91. The van der Waals surface area contributed by atoms with Gasteiger partial charge in [-0.2, -0.15) is 5.26 Å². The molecule has 0 amide bonds. The molecule has 4 aliphatic carbocycles. The van der Waals surface area contributed by atoms with Gasteiger partial charge in [0, 0.05) is 18.3 Å². The molecule has 0 radical (unpaired) electrons. The van der Waals surface area contributed by atoms with E-state index in [-0.39, 0.29) is 34.1 Å². The first-order chi connectivity index (χ1) is 12.8. The third kappa shape index (κ3) is 2.09. The van der Waals surface area contributed by atoms with Crippen LogP contribution in [-0.4, -0.2) is 17.4 Å². The number of carbonyl (C=O) groups excluding carboxylic acids is 2. The molecule has 3 unspecified atom stereocenters. The molecule has 4 heteroatoms. The predicted molar refractivity (Wildman–Crippen MR) is 99.3 cm³/mol. The number of allylic oxidation sites excluding steroid dienone is 1. The Hall–Kier alpha value is -1.63. The quantitative estimate of drug-likeness (QED) is 0.597. The summed E-state index contributed by atoms with van der Waals surface area (Å²) in [6.07, 6.45) is 9.76. The number of ketones is 1. The van der Waals surface area contributed by atoms with E-state index in [1.807, 2.05) is 6.08 Å². The highest BCUT2D eigenvalue weighted by Gasteiger charge is 2.68. The monoisotopic (exact) mass is 367 g/mol. The summed E-state index contributed by atoms with van der Waals surface area (Å²) in [5, 5.41) is 10.0. The summed E-state index contributed by atoms with van der Waals surface area (Å²) >= 11 is 0. The number of nitrogens with zero attached hydrogens (tertiary/aromatic N) is 1. The molecular formula is C23H29NO3. The van der Waals surface area contributed by atoms with E-state index >= 15 is 0 Å². The summed E-state index contributed by atoms with van der Waals surface area (Å²) in [5.74, 6) is 1.46. The Kier molecular flexibility index (Phi) is 3.53. The molecule has 0 aromatic rings. The van der Waals surface area contributed by atoms with Crippen LogP contribution < -0.4 is 0 Å². The molecule has 0 N–H and O–H groups in total. The third-order valence-electron chi connectivity index (χ3n) is 9.51. The Morgan fingerprint density at radius 2 is 1.85 bits per heavy atom. The van der Waals surface area contributed by atoms with Crippen molar-refractivity contribution in [2.75, 3.05) is 0 Å². The molecular weight excluding hydrogens is 338 g/mol.